The first-order valence-electron chi connectivity index (χ1n) is 5.52. The van der Waals surface area contributed by atoms with Crippen LogP contribution in [-0.4, -0.2) is 37.0 Å². The zero-order chi connectivity index (χ0) is 12.4. The average Bonchev–Trinajstić information content (AvgIpc) is 2.80. The summed E-state index contributed by atoms with van der Waals surface area (Å²) in [6.45, 7) is 1.84. The average molecular weight is 318 g/mol. The summed E-state index contributed by atoms with van der Waals surface area (Å²) in [6.07, 6.45) is 1.01. The first kappa shape index (κ1) is 12.9. The molecule has 1 aromatic carbocycles. The maximum atomic E-state index is 12.3. The lowest BCUT2D eigenvalue weighted by molar-refractivity contribution is 0.0743. The summed E-state index contributed by atoms with van der Waals surface area (Å²) in [7, 11) is 1.85. The monoisotopic (exact) mass is 316 g/mol. The Kier molecular flexibility index (Phi) is 4.07. The normalized spacial score (nSPS) is 19.4. The zero-order valence-electron chi connectivity index (χ0n) is 9.54. The van der Waals surface area contributed by atoms with E-state index in [0.29, 0.717) is 10.6 Å². The predicted molar refractivity (Wildman–Crippen MR) is 72.5 cm³/mol. The van der Waals surface area contributed by atoms with Crippen LogP contribution >= 0.6 is 27.5 Å². The number of amides is 1. The number of nitrogens with zero attached hydrogens (tertiary/aromatic N) is 1. The van der Waals surface area contributed by atoms with Crippen LogP contribution in [0.2, 0.25) is 5.02 Å². The largest absolute Gasteiger partial charge is 0.337 e. The Morgan fingerprint density at radius 2 is 2.35 bits per heavy atom. The maximum absolute atomic E-state index is 12.3. The Morgan fingerprint density at radius 3 is 2.94 bits per heavy atom. The van der Waals surface area contributed by atoms with Crippen molar-refractivity contribution in [1.82, 2.24) is 10.2 Å². The number of rotatable bonds is 2. The van der Waals surface area contributed by atoms with Gasteiger partial charge in [-0.1, -0.05) is 11.6 Å². The Labute approximate surface area is 114 Å². The van der Waals surface area contributed by atoms with E-state index in [1.165, 1.54) is 0 Å². The highest BCUT2D eigenvalue weighted by Crippen LogP contribution is 2.23. The van der Waals surface area contributed by atoms with Crippen molar-refractivity contribution in [1.29, 1.82) is 0 Å². The lowest BCUT2D eigenvalue weighted by Gasteiger charge is -2.24. The third kappa shape index (κ3) is 2.81. The molecule has 0 aromatic heterocycles. The van der Waals surface area contributed by atoms with Crippen molar-refractivity contribution in [3.8, 4) is 0 Å². The first-order chi connectivity index (χ1) is 8.09. The third-order valence-electron chi connectivity index (χ3n) is 3.06. The van der Waals surface area contributed by atoms with E-state index in [9.17, 15) is 4.79 Å². The van der Waals surface area contributed by atoms with Crippen molar-refractivity contribution in [2.24, 2.45) is 0 Å². The molecule has 0 spiro atoms. The third-order valence-corrected chi connectivity index (χ3v) is 3.96. The Bertz CT molecular complexity index is 433. The quantitative estimate of drug-likeness (QED) is 0.909. The van der Waals surface area contributed by atoms with Crippen molar-refractivity contribution in [3.63, 3.8) is 0 Å². The van der Waals surface area contributed by atoms with Crippen molar-refractivity contribution >= 4 is 33.4 Å². The Hall–Kier alpha value is -0.580. The van der Waals surface area contributed by atoms with E-state index < -0.39 is 0 Å². The van der Waals surface area contributed by atoms with Crippen molar-refractivity contribution in [3.05, 3.63) is 33.3 Å². The fraction of sp³-hybridized carbons (Fsp3) is 0.417. The van der Waals surface area contributed by atoms with E-state index in [-0.39, 0.29) is 11.9 Å². The van der Waals surface area contributed by atoms with Crippen LogP contribution in [0.25, 0.3) is 0 Å². The highest BCUT2D eigenvalue weighted by molar-refractivity contribution is 9.10. The summed E-state index contributed by atoms with van der Waals surface area (Å²) in [5, 5.41) is 3.88. The first-order valence-corrected chi connectivity index (χ1v) is 6.69. The molecule has 0 radical (unpaired) electrons. The van der Waals surface area contributed by atoms with E-state index in [1.54, 1.807) is 23.1 Å². The van der Waals surface area contributed by atoms with E-state index in [4.69, 9.17) is 11.6 Å². The molecule has 1 amide bonds. The van der Waals surface area contributed by atoms with Crippen molar-refractivity contribution in [2.75, 3.05) is 20.1 Å². The molecule has 1 atom stereocenters. The SMILES string of the molecule is CN(C(=O)c1ccc(Cl)cc1Br)C1CCNC1. The molecule has 1 aromatic rings. The van der Waals surface area contributed by atoms with Gasteiger partial charge in [-0.05, 0) is 47.1 Å². The molecule has 1 heterocycles. The van der Waals surface area contributed by atoms with Gasteiger partial charge in [0.05, 0.1) is 5.56 Å². The molecule has 1 aliphatic heterocycles. The van der Waals surface area contributed by atoms with Crippen LogP contribution in [-0.2, 0) is 0 Å². The van der Waals surface area contributed by atoms with E-state index in [0.717, 1.165) is 24.0 Å². The topological polar surface area (TPSA) is 32.3 Å². The van der Waals surface area contributed by atoms with E-state index >= 15 is 0 Å². The van der Waals surface area contributed by atoms with E-state index in [2.05, 4.69) is 21.2 Å². The van der Waals surface area contributed by atoms with Gasteiger partial charge in [-0.3, -0.25) is 4.79 Å². The van der Waals surface area contributed by atoms with Crippen molar-refractivity contribution < 1.29 is 4.79 Å². The molecule has 1 unspecified atom stereocenters. The van der Waals surface area contributed by atoms with Crippen molar-refractivity contribution in [2.45, 2.75) is 12.5 Å². The molecule has 3 nitrogen and oxygen atoms in total. The van der Waals surface area contributed by atoms with Gasteiger partial charge in [0.2, 0.25) is 0 Å². The molecule has 1 saturated heterocycles. The van der Waals surface area contributed by atoms with Gasteiger partial charge >= 0.3 is 0 Å². The van der Waals surface area contributed by atoms with Gasteiger partial charge in [-0.2, -0.15) is 0 Å². The number of halogens is 2. The van der Waals surface area contributed by atoms with E-state index in [1.807, 2.05) is 7.05 Å². The number of benzene rings is 1. The summed E-state index contributed by atoms with van der Waals surface area (Å²) in [5.74, 6) is 0.0299. The minimum Gasteiger partial charge on any atom is -0.337 e. The standard InChI is InChI=1S/C12H14BrClN2O/c1-16(9-4-5-15-7-9)12(17)10-3-2-8(14)6-11(10)13/h2-3,6,9,15H,4-5,7H2,1H3. The highest BCUT2D eigenvalue weighted by Gasteiger charge is 2.25. The van der Waals surface area contributed by atoms with Crippen LogP contribution in [0, 0.1) is 0 Å². The van der Waals surface area contributed by atoms with Crippen LogP contribution in [0.4, 0.5) is 0 Å². The van der Waals surface area contributed by atoms with Crippen LogP contribution in [0.5, 0.6) is 0 Å². The van der Waals surface area contributed by atoms with Crippen LogP contribution < -0.4 is 5.32 Å². The van der Waals surface area contributed by atoms with Gasteiger partial charge in [0.25, 0.3) is 5.91 Å². The number of nitrogens with one attached hydrogen (secondary N) is 1. The Balaban J connectivity index is 2.18. The molecule has 0 bridgehead atoms. The molecule has 0 aliphatic carbocycles. The van der Waals surface area contributed by atoms with Gasteiger partial charge in [-0.25, -0.2) is 0 Å². The molecular weight excluding hydrogens is 304 g/mol. The summed E-state index contributed by atoms with van der Waals surface area (Å²) < 4.78 is 0.743. The predicted octanol–water partition coefficient (Wildman–Crippen LogP) is 2.54. The second-order valence-electron chi connectivity index (χ2n) is 4.19. The molecule has 1 N–H and O–H groups in total. The smallest absolute Gasteiger partial charge is 0.255 e. The lowest BCUT2D eigenvalue weighted by atomic mass is 10.1. The molecule has 2 rings (SSSR count). The molecule has 1 aliphatic rings. The second kappa shape index (κ2) is 5.38. The number of hydrogen-bond acceptors (Lipinski definition) is 2. The summed E-state index contributed by atoms with van der Waals surface area (Å²) in [5.41, 5.74) is 0.656. The summed E-state index contributed by atoms with van der Waals surface area (Å²) >= 11 is 9.24. The fourth-order valence-corrected chi connectivity index (χ4v) is 2.84. The highest BCUT2D eigenvalue weighted by atomic mass is 79.9. The van der Waals surface area contributed by atoms with Gasteiger partial charge in [0, 0.05) is 29.1 Å². The van der Waals surface area contributed by atoms with Gasteiger partial charge in [-0.15, -0.1) is 0 Å². The number of likely N-dealkylation sites (N-methyl/N-ethyl adjacent to an activating group) is 1. The summed E-state index contributed by atoms with van der Waals surface area (Å²) in [6, 6.07) is 5.52. The van der Waals surface area contributed by atoms with Gasteiger partial charge in [0.1, 0.15) is 0 Å². The van der Waals surface area contributed by atoms with Crippen LogP contribution in [0.3, 0.4) is 0 Å². The Morgan fingerprint density at radius 1 is 1.59 bits per heavy atom. The van der Waals surface area contributed by atoms with Crippen LogP contribution in [0.1, 0.15) is 16.8 Å². The molecular formula is C12H14BrClN2O. The lowest BCUT2D eigenvalue weighted by Crippen LogP contribution is -2.38. The molecule has 0 saturated carbocycles. The number of carbonyl (C=O) groups excluding carboxylic acids is 1. The van der Waals surface area contributed by atoms with Crippen LogP contribution in [0.15, 0.2) is 22.7 Å². The zero-order valence-corrected chi connectivity index (χ0v) is 11.9. The summed E-state index contributed by atoms with van der Waals surface area (Å²) in [4.78, 5) is 14.1. The maximum Gasteiger partial charge on any atom is 0.255 e. The minimum atomic E-state index is 0.0299. The molecule has 1 fully saturated rings. The second-order valence-corrected chi connectivity index (χ2v) is 5.48. The van der Waals surface area contributed by atoms with Gasteiger partial charge < -0.3 is 10.2 Å². The van der Waals surface area contributed by atoms with Gasteiger partial charge in [0.15, 0.2) is 0 Å². The molecule has 17 heavy (non-hydrogen) atoms. The molecule has 5 heteroatoms. The molecule has 92 valence electrons. The number of hydrogen-bond donors (Lipinski definition) is 1. The number of carbonyl (C=O) groups is 1. The minimum absolute atomic E-state index is 0.0299. The fourth-order valence-electron chi connectivity index (χ4n) is 1.99.